The van der Waals surface area contributed by atoms with Crippen LogP contribution in [0.15, 0.2) is 96.2 Å². The van der Waals surface area contributed by atoms with Crippen LogP contribution in [0.1, 0.15) is 59.5 Å². The Morgan fingerprint density at radius 1 is 0.821 bits per heavy atom. The predicted octanol–water partition coefficient (Wildman–Crippen LogP) is 6.21. The highest BCUT2D eigenvalue weighted by Gasteiger charge is 2.70. The molecule has 2 amide bonds. The first-order valence-electron chi connectivity index (χ1n) is 12.4. The number of Topliss-reactive ketones (excluding diaryl/α,β-unsaturated/α-hetero) is 1. The van der Waals surface area contributed by atoms with Crippen LogP contribution >= 0.6 is 0 Å². The van der Waals surface area contributed by atoms with E-state index in [1.807, 2.05) is 26.1 Å². The van der Waals surface area contributed by atoms with Gasteiger partial charge in [-0.25, -0.2) is 0 Å². The van der Waals surface area contributed by atoms with Crippen molar-refractivity contribution in [3.8, 4) is 0 Å². The highest BCUT2D eigenvalue weighted by atomic mass is 19.4. The van der Waals surface area contributed by atoms with Crippen molar-refractivity contribution in [1.29, 1.82) is 0 Å². The molecule has 39 heavy (non-hydrogen) atoms. The largest absolute Gasteiger partial charge is 0.425 e. The number of nitrogens with zero attached hydrogens (tertiary/aromatic N) is 1. The maximum absolute atomic E-state index is 15.1. The Balaban J connectivity index is 1.85. The summed E-state index contributed by atoms with van der Waals surface area (Å²) >= 11 is 0. The average Bonchev–Trinajstić information content (AvgIpc) is 3.10. The lowest BCUT2D eigenvalue weighted by Gasteiger charge is -2.33. The number of ketones is 1. The number of hydrogen-bond donors (Lipinski definition) is 1. The average molecular weight is 535 g/mol. The van der Waals surface area contributed by atoms with Gasteiger partial charge in [0, 0.05) is 16.8 Å². The lowest BCUT2D eigenvalue weighted by atomic mass is 9.83. The number of nitrogens with one attached hydrogen (secondary N) is 1. The number of allylic oxidation sites excluding steroid dienone is 1. The molecule has 0 radical (unpaired) electrons. The number of amides is 2. The SMILES string of the molecule is CC1=C(C(=O)c2ccccc2)[C@](NC(=O)c2ccc(C(C)(C)C)cc2)(C(F)(F)F)C(=O)N1Cc1ccccc1. The molecular formula is C31H29F3N2O3. The van der Waals surface area contributed by atoms with E-state index in [1.54, 1.807) is 48.5 Å². The monoisotopic (exact) mass is 534 g/mol. The van der Waals surface area contributed by atoms with E-state index in [0.29, 0.717) is 5.56 Å². The zero-order chi connectivity index (χ0) is 28.6. The summed E-state index contributed by atoms with van der Waals surface area (Å²) in [6.45, 7) is 7.00. The third kappa shape index (κ3) is 5.11. The zero-order valence-corrected chi connectivity index (χ0v) is 22.1. The van der Waals surface area contributed by atoms with Crippen LogP contribution in [0.4, 0.5) is 13.2 Å². The Morgan fingerprint density at radius 3 is 1.87 bits per heavy atom. The lowest BCUT2D eigenvalue weighted by Crippen LogP contribution is -2.66. The summed E-state index contributed by atoms with van der Waals surface area (Å²) in [4.78, 5) is 41.7. The Labute approximate surface area is 225 Å². The van der Waals surface area contributed by atoms with Gasteiger partial charge >= 0.3 is 6.18 Å². The maximum atomic E-state index is 15.1. The van der Waals surface area contributed by atoms with Gasteiger partial charge in [0.25, 0.3) is 11.8 Å². The second-order valence-electron chi connectivity index (χ2n) is 10.6. The molecule has 3 aromatic carbocycles. The van der Waals surface area contributed by atoms with Crippen molar-refractivity contribution in [2.45, 2.75) is 51.4 Å². The summed E-state index contributed by atoms with van der Waals surface area (Å²) in [6, 6.07) is 22.0. The first kappa shape index (κ1) is 27.8. The Hall–Kier alpha value is -4.20. The van der Waals surface area contributed by atoms with Gasteiger partial charge in [-0.3, -0.25) is 14.4 Å². The van der Waals surface area contributed by atoms with Crippen molar-refractivity contribution >= 4 is 17.6 Å². The van der Waals surface area contributed by atoms with Gasteiger partial charge in [-0.2, -0.15) is 13.2 Å². The molecule has 0 aliphatic carbocycles. The van der Waals surface area contributed by atoms with E-state index in [2.05, 4.69) is 0 Å². The number of carbonyl (C=O) groups is 3. The molecule has 0 bridgehead atoms. The summed E-state index contributed by atoms with van der Waals surface area (Å²) in [6.07, 6.45) is -5.32. The molecule has 1 aliphatic rings. The number of carbonyl (C=O) groups excluding carboxylic acids is 3. The van der Waals surface area contributed by atoms with Crippen molar-refractivity contribution in [2.75, 3.05) is 0 Å². The van der Waals surface area contributed by atoms with Gasteiger partial charge in [-0.1, -0.05) is 93.6 Å². The van der Waals surface area contributed by atoms with Gasteiger partial charge < -0.3 is 10.2 Å². The molecular weight excluding hydrogens is 505 g/mol. The standard InChI is InChI=1S/C31H29F3N2O3/c1-20-25(26(37)22-13-9-6-10-14-22)30(31(32,33)34,28(39)36(20)19-21-11-7-5-8-12-21)35-27(38)23-15-17-24(18-16-23)29(2,3)4/h5-18H,19H2,1-4H3,(H,35,38)/t30-/m1/s1. The van der Waals surface area contributed by atoms with Crippen LogP contribution in [0.2, 0.25) is 0 Å². The van der Waals surface area contributed by atoms with Crippen molar-refractivity contribution in [3.63, 3.8) is 0 Å². The number of alkyl halides is 3. The van der Waals surface area contributed by atoms with E-state index in [9.17, 15) is 14.4 Å². The summed E-state index contributed by atoms with van der Waals surface area (Å²) in [5, 5.41) is 1.97. The first-order chi connectivity index (χ1) is 18.3. The van der Waals surface area contributed by atoms with E-state index in [4.69, 9.17) is 0 Å². The molecule has 1 atom stereocenters. The predicted molar refractivity (Wildman–Crippen MR) is 142 cm³/mol. The van der Waals surface area contributed by atoms with Gasteiger partial charge in [-0.05, 0) is 35.6 Å². The highest BCUT2D eigenvalue weighted by molar-refractivity contribution is 6.19. The Kier molecular flexibility index (Phi) is 7.25. The molecule has 0 fully saturated rings. The Bertz CT molecular complexity index is 1420. The van der Waals surface area contributed by atoms with Crippen LogP contribution in [-0.2, 0) is 16.8 Å². The highest BCUT2D eigenvalue weighted by Crippen LogP contribution is 2.46. The number of halogens is 3. The minimum Gasteiger partial charge on any atom is -0.326 e. The van der Waals surface area contributed by atoms with Crippen LogP contribution < -0.4 is 5.32 Å². The summed E-state index contributed by atoms with van der Waals surface area (Å²) in [5.74, 6) is -3.54. The quantitative estimate of drug-likeness (QED) is 0.382. The summed E-state index contributed by atoms with van der Waals surface area (Å²) in [5.41, 5.74) is -3.44. The number of rotatable bonds is 6. The normalized spacial score (nSPS) is 17.9. The van der Waals surface area contributed by atoms with Crippen molar-refractivity contribution in [3.05, 3.63) is 118 Å². The topological polar surface area (TPSA) is 66.5 Å². The fraction of sp³-hybridized carbons (Fsp3) is 0.258. The second kappa shape index (κ2) is 10.2. The van der Waals surface area contributed by atoms with Crippen molar-refractivity contribution in [1.82, 2.24) is 10.2 Å². The van der Waals surface area contributed by atoms with Gasteiger partial charge in [0.1, 0.15) is 0 Å². The molecule has 3 aromatic rings. The van der Waals surface area contributed by atoms with Crippen molar-refractivity contribution < 1.29 is 27.6 Å². The molecule has 5 nitrogen and oxygen atoms in total. The third-order valence-corrected chi connectivity index (χ3v) is 6.89. The van der Waals surface area contributed by atoms with E-state index < -0.39 is 34.9 Å². The third-order valence-electron chi connectivity index (χ3n) is 6.89. The van der Waals surface area contributed by atoms with Crippen LogP contribution in [0, 0.1) is 0 Å². The van der Waals surface area contributed by atoms with Gasteiger partial charge in [0.05, 0.1) is 12.1 Å². The molecule has 0 spiro atoms. The lowest BCUT2D eigenvalue weighted by molar-refractivity contribution is -0.189. The fourth-order valence-corrected chi connectivity index (χ4v) is 4.71. The molecule has 1 aliphatic heterocycles. The van der Waals surface area contributed by atoms with Crippen molar-refractivity contribution in [2.24, 2.45) is 0 Å². The molecule has 202 valence electrons. The van der Waals surface area contributed by atoms with E-state index in [0.717, 1.165) is 10.5 Å². The van der Waals surface area contributed by atoms with Crippen LogP contribution in [0.5, 0.6) is 0 Å². The van der Waals surface area contributed by atoms with Crippen LogP contribution in [-0.4, -0.2) is 34.2 Å². The first-order valence-corrected chi connectivity index (χ1v) is 12.4. The van der Waals surface area contributed by atoms with E-state index >= 15 is 13.2 Å². The maximum Gasteiger partial charge on any atom is 0.425 e. The number of benzene rings is 3. The molecule has 0 saturated heterocycles. The molecule has 0 unspecified atom stereocenters. The smallest absolute Gasteiger partial charge is 0.326 e. The summed E-state index contributed by atoms with van der Waals surface area (Å²) in [7, 11) is 0. The molecule has 8 heteroatoms. The molecule has 0 aromatic heterocycles. The van der Waals surface area contributed by atoms with E-state index in [1.165, 1.54) is 43.3 Å². The second-order valence-corrected chi connectivity index (χ2v) is 10.6. The minimum absolute atomic E-state index is 0.0291. The van der Waals surface area contributed by atoms with Gasteiger partial charge in [0.15, 0.2) is 5.78 Å². The van der Waals surface area contributed by atoms with E-state index in [-0.39, 0.29) is 28.8 Å². The van der Waals surface area contributed by atoms with Crippen LogP contribution in [0.3, 0.4) is 0 Å². The van der Waals surface area contributed by atoms with Gasteiger partial charge in [-0.15, -0.1) is 0 Å². The molecule has 1 heterocycles. The Morgan fingerprint density at radius 2 is 1.36 bits per heavy atom. The summed E-state index contributed by atoms with van der Waals surface area (Å²) < 4.78 is 45.4. The fourth-order valence-electron chi connectivity index (χ4n) is 4.71. The number of hydrogen-bond acceptors (Lipinski definition) is 3. The minimum atomic E-state index is -5.32. The van der Waals surface area contributed by atoms with Gasteiger partial charge in [0.2, 0.25) is 5.54 Å². The molecule has 4 rings (SSSR count). The molecule has 1 N–H and O–H groups in total. The van der Waals surface area contributed by atoms with Crippen LogP contribution in [0.25, 0.3) is 0 Å². The zero-order valence-electron chi connectivity index (χ0n) is 22.1. The molecule has 0 saturated carbocycles.